The fourth-order valence-electron chi connectivity index (χ4n) is 3.58. The lowest BCUT2D eigenvalue weighted by Gasteiger charge is -2.31. The van der Waals surface area contributed by atoms with E-state index in [4.69, 9.17) is 25.9 Å². The molecule has 0 bridgehead atoms. The number of aromatic nitrogens is 1. The van der Waals surface area contributed by atoms with Gasteiger partial charge in [0.2, 0.25) is 0 Å². The zero-order valence-corrected chi connectivity index (χ0v) is 23.4. The summed E-state index contributed by atoms with van der Waals surface area (Å²) in [7, 11) is 0. The van der Waals surface area contributed by atoms with Crippen LogP contribution in [-0.2, 0) is 14.4 Å². The molecule has 1 unspecified atom stereocenters. The first kappa shape index (κ1) is 29.0. The van der Waals surface area contributed by atoms with Crippen LogP contribution in [-0.4, -0.2) is 40.0 Å². The molecule has 38 heavy (non-hydrogen) atoms. The highest BCUT2D eigenvalue weighted by molar-refractivity contribution is 6.32. The van der Waals surface area contributed by atoms with Gasteiger partial charge in [0.1, 0.15) is 11.4 Å². The van der Waals surface area contributed by atoms with Gasteiger partial charge in [-0.1, -0.05) is 17.7 Å². The highest BCUT2D eigenvalue weighted by Gasteiger charge is 2.31. The number of ether oxygens (including phenoxy) is 2. The van der Waals surface area contributed by atoms with E-state index in [1.54, 1.807) is 69.4 Å². The van der Waals surface area contributed by atoms with E-state index in [0.29, 0.717) is 39.4 Å². The van der Waals surface area contributed by atoms with Gasteiger partial charge in [0, 0.05) is 17.3 Å². The summed E-state index contributed by atoms with van der Waals surface area (Å²) >= 11 is 6.18. The van der Waals surface area contributed by atoms with Crippen LogP contribution >= 0.6 is 11.6 Å². The number of aliphatic carboxylic acids is 1. The molecule has 10 heteroatoms. The highest BCUT2D eigenvalue weighted by atomic mass is 35.5. The Morgan fingerprint density at radius 3 is 2.37 bits per heavy atom. The summed E-state index contributed by atoms with van der Waals surface area (Å²) in [5.41, 5.74) is -0.421. The molecule has 2 aromatic carbocycles. The topological polar surface area (TPSA) is 110 Å². The number of fused-ring (bicyclic) bond motifs is 1. The van der Waals surface area contributed by atoms with Crippen molar-refractivity contribution in [3.63, 3.8) is 0 Å². The van der Waals surface area contributed by atoms with E-state index in [2.05, 4.69) is 10.3 Å². The Balaban J connectivity index is 1.99. The first-order chi connectivity index (χ1) is 17.7. The molecule has 0 spiro atoms. The van der Waals surface area contributed by atoms with Crippen molar-refractivity contribution < 1.29 is 29.0 Å². The third kappa shape index (κ3) is 7.49. The molecule has 3 rings (SSSR count). The second-order valence-electron chi connectivity index (χ2n) is 10.6. The molecule has 0 saturated heterocycles. The van der Waals surface area contributed by atoms with E-state index in [9.17, 15) is 14.7 Å². The lowest BCUT2D eigenvalue weighted by molar-refractivity contribution is -0.138. The van der Waals surface area contributed by atoms with Gasteiger partial charge in [0.25, 0.3) is 0 Å². The molecular weight excluding hydrogens is 510 g/mol. The predicted octanol–water partition coefficient (Wildman–Crippen LogP) is 7.00. The molecule has 2 N–H and O–H groups in total. The van der Waals surface area contributed by atoms with E-state index < -0.39 is 29.3 Å². The second-order valence-corrected chi connectivity index (χ2v) is 11.0. The van der Waals surface area contributed by atoms with Gasteiger partial charge < -0.3 is 19.9 Å². The number of hydroxylamine groups is 1. The first-order valence-electron chi connectivity index (χ1n) is 12.2. The van der Waals surface area contributed by atoms with E-state index >= 15 is 0 Å². The highest BCUT2D eigenvalue weighted by Crippen LogP contribution is 2.33. The molecule has 0 fully saturated rings. The number of anilines is 2. The normalized spacial score (nSPS) is 12.6. The van der Waals surface area contributed by atoms with Crippen molar-refractivity contribution in [1.82, 2.24) is 4.98 Å². The van der Waals surface area contributed by atoms with E-state index in [1.165, 1.54) is 0 Å². The van der Waals surface area contributed by atoms with Crippen molar-refractivity contribution in [3.8, 4) is 5.75 Å². The van der Waals surface area contributed by atoms with Crippen LogP contribution in [0.15, 0.2) is 48.7 Å². The molecule has 1 amide bonds. The van der Waals surface area contributed by atoms with Gasteiger partial charge in [-0.2, -0.15) is 0 Å². The van der Waals surface area contributed by atoms with Crippen molar-refractivity contribution in [2.75, 3.05) is 17.0 Å². The number of carboxylic acid groups (broad SMARTS) is 1. The van der Waals surface area contributed by atoms with Crippen molar-refractivity contribution in [2.45, 2.75) is 65.7 Å². The molecule has 0 aliphatic heterocycles. The summed E-state index contributed by atoms with van der Waals surface area (Å²) in [5.74, 6) is -0.401. The molecule has 3 aromatic rings. The van der Waals surface area contributed by atoms with Crippen molar-refractivity contribution in [1.29, 1.82) is 0 Å². The van der Waals surface area contributed by atoms with Crippen LogP contribution in [0.3, 0.4) is 0 Å². The summed E-state index contributed by atoms with van der Waals surface area (Å²) in [4.78, 5) is 35.6. The summed E-state index contributed by atoms with van der Waals surface area (Å²) in [6.45, 7) is 13.0. The minimum absolute atomic E-state index is 0.257. The summed E-state index contributed by atoms with van der Waals surface area (Å²) in [5, 5.41) is 15.8. The van der Waals surface area contributed by atoms with Gasteiger partial charge >= 0.3 is 12.1 Å². The van der Waals surface area contributed by atoms with E-state index in [0.717, 1.165) is 5.06 Å². The van der Waals surface area contributed by atoms with Gasteiger partial charge in [-0.05, 0) is 95.8 Å². The number of carbonyl (C=O) groups is 2. The monoisotopic (exact) mass is 543 g/mol. The number of pyridine rings is 1. The fraction of sp³-hybridized carbons (Fsp3) is 0.393. The van der Waals surface area contributed by atoms with Crippen LogP contribution in [0.25, 0.3) is 10.8 Å². The van der Waals surface area contributed by atoms with Crippen LogP contribution in [0.4, 0.5) is 16.3 Å². The van der Waals surface area contributed by atoms with Gasteiger partial charge in [-0.25, -0.2) is 14.6 Å². The minimum Gasteiger partial charge on any atom is -0.492 e. The maximum Gasteiger partial charge on any atom is 0.440 e. The summed E-state index contributed by atoms with van der Waals surface area (Å²) in [6, 6.07) is 10.8. The van der Waals surface area contributed by atoms with Gasteiger partial charge in [0.15, 0.2) is 11.9 Å². The van der Waals surface area contributed by atoms with Crippen LogP contribution in [0.1, 0.15) is 60.1 Å². The fourth-order valence-corrected chi connectivity index (χ4v) is 3.75. The second kappa shape index (κ2) is 11.4. The van der Waals surface area contributed by atoms with Crippen LogP contribution in [0.5, 0.6) is 5.75 Å². The molecule has 0 saturated carbocycles. The zero-order chi connectivity index (χ0) is 28.3. The lowest BCUT2D eigenvalue weighted by Crippen LogP contribution is -2.42. The Morgan fingerprint density at radius 1 is 1.05 bits per heavy atom. The quantitative estimate of drug-likeness (QED) is 0.292. The lowest BCUT2D eigenvalue weighted by atomic mass is 10.1. The molecule has 0 radical (unpaired) electrons. The van der Waals surface area contributed by atoms with Crippen molar-refractivity contribution >= 4 is 45.9 Å². The Morgan fingerprint density at radius 2 is 1.76 bits per heavy atom. The average Bonchev–Trinajstić information content (AvgIpc) is 2.80. The van der Waals surface area contributed by atoms with Gasteiger partial charge in [-0.15, -0.1) is 5.06 Å². The number of carbonyl (C=O) groups excluding carboxylic acids is 1. The maximum atomic E-state index is 13.1. The number of nitrogens with one attached hydrogen (secondary N) is 1. The number of halogens is 1. The number of carboxylic acids is 1. The number of hydrogen-bond donors (Lipinski definition) is 2. The Kier molecular flexibility index (Phi) is 8.74. The molecule has 1 atom stereocenters. The molecule has 204 valence electrons. The summed E-state index contributed by atoms with van der Waals surface area (Å²) in [6.07, 6.45) is 0.848. The largest absolute Gasteiger partial charge is 0.492 e. The minimum atomic E-state index is -1.07. The predicted molar refractivity (Wildman–Crippen MR) is 148 cm³/mol. The first-order valence-corrected chi connectivity index (χ1v) is 12.6. The Bertz CT molecular complexity index is 1320. The third-order valence-corrected chi connectivity index (χ3v) is 5.32. The van der Waals surface area contributed by atoms with Crippen molar-refractivity contribution in [3.05, 3.63) is 59.2 Å². The number of nitrogens with zero attached hydrogens (tertiary/aromatic N) is 2. The Labute approximate surface area is 227 Å². The van der Waals surface area contributed by atoms with Crippen LogP contribution in [0, 0.1) is 0 Å². The zero-order valence-electron chi connectivity index (χ0n) is 22.7. The Hall–Kier alpha value is -3.56. The van der Waals surface area contributed by atoms with Gasteiger partial charge in [0.05, 0.1) is 17.2 Å². The molecule has 0 aliphatic rings. The van der Waals surface area contributed by atoms with E-state index in [1.807, 2.05) is 27.7 Å². The SMILES string of the molecule is CCOc1cc(C(Nc2ccc3c(N(OC(C)(C)C)C(=O)OC(C)(C)C)nccc3c2)C(=O)O)ccc1Cl. The molecular formula is C28H34ClN3O6. The number of rotatable bonds is 8. The third-order valence-electron chi connectivity index (χ3n) is 5.01. The average molecular weight is 544 g/mol. The standard InChI is InChI=1S/C28H34ClN3O6/c1-8-36-22-16-18(9-12-21(22)29)23(25(33)34)31-19-10-11-20-17(15-19)13-14-30-24(20)32(38-28(5,6)7)26(35)37-27(2,3)4/h9-16,23,31H,8H2,1-7H3,(H,33,34). The number of benzene rings is 2. The molecule has 9 nitrogen and oxygen atoms in total. The van der Waals surface area contributed by atoms with Gasteiger partial charge in [-0.3, -0.25) is 4.84 Å². The van der Waals surface area contributed by atoms with Crippen LogP contribution in [0.2, 0.25) is 5.02 Å². The smallest absolute Gasteiger partial charge is 0.440 e. The molecule has 1 aromatic heterocycles. The number of amides is 1. The molecule has 1 heterocycles. The van der Waals surface area contributed by atoms with E-state index in [-0.39, 0.29) is 5.82 Å². The van der Waals surface area contributed by atoms with Crippen LogP contribution < -0.4 is 15.1 Å². The maximum absolute atomic E-state index is 13.1. The number of hydrogen-bond acceptors (Lipinski definition) is 7. The molecule has 0 aliphatic carbocycles. The van der Waals surface area contributed by atoms with Crippen molar-refractivity contribution in [2.24, 2.45) is 0 Å². The summed E-state index contributed by atoms with van der Waals surface area (Å²) < 4.78 is 11.1.